The lowest BCUT2D eigenvalue weighted by atomic mass is 9.64. The van der Waals surface area contributed by atoms with E-state index < -0.39 is 0 Å². The zero-order chi connectivity index (χ0) is 23.8. The Morgan fingerprint density at radius 3 is 1.85 bits per heavy atom. The molecule has 4 nitrogen and oxygen atoms in total. The Morgan fingerprint density at radius 2 is 1.38 bits per heavy atom. The predicted octanol–water partition coefficient (Wildman–Crippen LogP) is 6.87. The highest BCUT2D eigenvalue weighted by Gasteiger charge is 2.45. The van der Waals surface area contributed by atoms with Crippen LogP contribution >= 0.6 is 0 Å². The molecule has 2 heterocycles. The fourth-order valence-corrected chi connectivity index (χ4v) is 5.77. The lowest BCUT2D eigenvalue weighted by Gasteiger charge is -2.50. The van der Waals surface area contributed by atoms with E-state index in [1.165, 1.54) is 27.9 Å². The maximum atomic E-state index is 12.5. The molecule has 5 rings (SSSR count). The lowest BCUT2D eigenvalue weighted by molar-refractivity contribution is 0.161. The molecule has 2 atom stereocenters. The fourth-order valence-electron chi connectivity index (χ4n) is 5.77. The SMILES string of the molecule is CCCOC(=O)Nc1cc2c3c(c1)[C@@](C)(c1ccccc1)CCN3CC[C@@]2(C)c1ccccc1. The minimum Gasteiger partial charge on any atom is -0.449 e. The highest BCUT2D eigenvalue weighted by Crippen LogP contribution is 2.54. The summed E-state index contributed by atoms with van der Waals surface area (Å²) in [6.45, 7) is 9.18. The molecule has 0 fully saturated rings. The first-order valence-corrected chi connectivity index (χ1v) is 12.4. The van der Waals surface area contributed by atoms with Gasteiger partial charge in [-0.2, -0.15) is 0 Å². The van der Waals surface area contributed by atoms with Gasteiger partial charge >= 0.3 is 6.09 Å². The molecule has 3 aromatic carbocycles. The summed E-state index contributed by atoms with van der Waals surface area (Å²) in [7, 11) is 0. The number of amides is 1. The molecule has 0 spiro atoms. The summed E-state index contributed by atoms with van der Waals surface area (Å²) in [6.07, 6.45) is 2.49. The van der Waals surface area contributed by atoms with Crippen molar-refractivity contribution in [2.45, 2.75) is 50.9 Å². The highest BCUT2D eigenvalue weighted by molar-refractivity contribution is 5.87. The van der Waals surface area contributed by atoms with Crippen LogP contribution in [0.4, 0.5) is 16.2 Å². The molecule has 4 heteroatoms. The van der Waals surface area contributed by atoms with Crippen LogP contribution in [0.15, 0.2) is 72.8 Å². The minimum atomic E-state index is -0.389. The second-order valence-electron chi connectivity index (χ2n) is 10.1. The molecule has 0 unspecified atom stereocenters. The van der Waals surface area contributed by atoms with Crippen LogP contribution in [-0.4, -0.2) is 25.8 Å². The van der Waals surface area contributed by atoms with Gasteiger partial charge in [0.2, 0.25) is 0 Å². The smallest absolute Gasteiger partial charge is 0.411 e. The van der Waals surface area contributed by atoms with E-state index in [2.05, 4.69) is 96.9 Å². The first kappa shape index (κ1) is 22.5. The summed E-state index contributed by atoms with van der Waals surface area (Å²) < 4.78 is 5.36. The maximum Gasteiger partial charge on any atom is 0.411 e. The van der Waals surface area contributed by atoms with Crippen LogP contribution in [0.1, 0.15) is 62.3 Å². The average Bonchev–Trinajstić information content (AvgIpc) is 2.87. The van der Waals surface area contributed by atoms with Crippen molar-refractivity contribution in [3.63, 3.8) is 0 Å². The van der Waals surface area contributed by atoms with Crippen molar-refractivity contribution in [1.82, 2.24) is 0 Å². The van der Waals surface area contributed by atoms with Crippen LogP contribution < -0.4 is 10.2 Å². The van der Waals surface area contributed by atoms with Gasteiger partial charge in [0.15, 0.2) is 0 Å². The Morgan fingerprint density at radius 1 is 0.882 bits per heavy atom. The molecule has 1 amide bonds. The van der Waals surface area contributed by atoms with E-state index in [0.717, 1.165) is 38.0 Å². The number of anilines is 2. The van der Waals surface area contributed by atoms with Gasteiger partial charge in [-0.05, 0) is 53.6 Å². The summed E-state index contributed by atoms with van der Waals surface area (Å²) in [5, 5.41) is 3.04. The Balaban J connectivity index is 1.71. The number of rotatable bonds is 5. The van der Waals surface area contributed by atoms with Gasteiger partial charge in [0, 0.05) is 35.3 Å². The molecule has 0 saturated carbocycles. The van der Waals surface area contributed by atoms with Gasteiger partial charge in [-0.15, -0.1) is 0 Å². The van der Waals surface area contributed by atoms with Crippen molar-refractivity contribution in [3.8, 4) is 0 Å². The second kappa shape index (κ2) is 8.83. The molecule has 2 aliphatic rings. The Hall–Kier alpha value is -3.27. The van der Waals surface area contributed by atoms with Crippen LogP contribution in [0.2, 0.25) is 0 Å². The van der Waals surface area contributed by atoms with Crippen molar-refractivity contribution in [2.24, 2.45) is 0 Å². The standard InChI is InChI=1S/C30H34N2O2/c1-4-19-34-28(33)31-24-20-25-27-26(21-24)30(3,23-13-9-6-10-14-23)16-18-32(27)17-15-29(25,2)22-11-7-5-8-12-22/h5-14,20-21H,4,15-19H2,1-3H3,(H,31,33)/t29-,30+. The van der Waals surface area contributed by atoms with Crippen LogP contribution in [0.5, 0.6) is 0 Å². The van der Waals surface area contributed by atoms with Gasteiger partial charge in [-0.25, -0.2) is 4.79 Å². The average molecular weight is 455 g/mol. The molecular formula is C30H34N2O2. The maximum absolute atomic E-state index is 12.5. The zero-order valence-corrected chi connectivity index (χ0v) is 20.4. The van der Waals surface area contributed by atoms with E-state index in [4.69, 9.17) is 4.74 Å². The second-order valence-corrected chi connectivity index (χ2v) is 10.1. The number of carbonyl (C=O) groups is 1. The van der Waals surface area contributed by atoms with Crippen molar-refractivity contribution in [2.75, 3.05) is 29.9 Å². The Bertz CT molecular complexity index is 1100. The van der Waals surface area contributed by atoms with E-state index in [1.807, 2.05) is 6.92 Å². The highest BCUT2D eigenvalue weighted by atomic mass is 16.5. The van der Waals surface area contributed by atoms with Gasteiger partial charge in [0.05, 0.1) is 6.61 Å². The van der Waals surface area contributed by atoms with Crippen LogP contribution in [0, 0.1) is 0 Å². The molecule has 176 valence electrons. The van der Waals surface area contributed by atoms with Crippen molar-refractivity contribution in [3.05, 3.63) is 95.1 Å². The molecule has 0 bridgehead atoms. The van der Waals surface area contributed by atoms with Crippen molar-refractivity contribution in [1.29, 1.82) is 0 Å². The molecule has 0 aliphatic carbocycles. The fraction of sp³-hybridized carbons (Fsp3) is 0.367. The first-order chi connectivity index (χ1) is 16.5. The summed E-state index contributed by atoms with van der Waals surface area (Å²) >= 11 is 0. The number of hydrogen-bond acceptors (Lipinski definition) is 3. The van der Waals surface area contributed by atoms with Crippen molar-refractivity contribution >= 4 is 17.5 Å². The number of ether oxygens (including phenoxy) is 1. The van der Waals surface area contributed by atoms with Crippen LogP contribution in [0.3, 0.4) is 0 Å². The third kappa shape index (κ3) is 3.75. The quantitative estimate of drug-likeness (QED) is 0.457. The number of hydrogen-bond donors (Lipinski definition) is 1. The molecule has 0 aromatic heterocycles. The molecule has 0 radical (unpaired) electrons. The van der Waals surface area contributed by atoms with Crippen LogP contribution in [-0.2, 0) is 15.6 Å². The number of nitrogens with zero attached hydrogens (tertiary/aromatic N) is 1. The third-order valence-corrected chi connectivity index (χ3v) is 7.88. The summed E-state index contributed by atoms with van der Waals surface area (Å²) in [5.41, 5.74) is 7.07. The number of nitrogens with one attached hydrogen (secondary N) is 1. The largest absolute Gasteiger partial charge is 0.449 e. The zero-order valence-electron chi connectivity index (χ0n) is 20.4. The van der Waals surface area contributed by atoms with Gasteiger partial charge in [0.1, 0.15) is 0 Å². The summed E-state index contributed by atoms with van der Waals surface area (Å²) in [4.78, 5) is 15.1. The van der Waals surface area contributed by atoms with E-state index in [1.54, 1.807) is 0 Å². The van der Waals surface area contributed by atoms with Crippen molar-refractivity contribution < 1.29 is 9.53 Å². The molecular weight excluding hydrogens is 420 g/mol. The minimum absolute atomic E-state index is 0.137. The molecule has 34 heavy (non-hydrogen) atoms. The predicted molar refractivity (Wildman–Crippen MR) is 139 cm³/mol. The van der Waals surface area contributed by atoms with E-state index >= 15 is 0 Å². The van der Waals surface area contributed by atoms with E-state index in [-0.39, 0.29) is 16.9 Å². The first-order valence-electron chi connectivity index (χ1n) is 12.4. The number of carbonyl (C=O) groups excluding carboxylic acids is 1. The Kier molecular flexibility index (Phi) is 5.85. The molecule has 3 aromatic rings. The lowest BCUT2D eigenvalue weighted by Crippen LogP contribution is -2.47. The molecule has 2 aliphatic heterocycles. The van der Waals surface area contributed by atoms with E-state index in [0.29, 0.717) is 6.61 Å². The summed E-state index contributed by atoms with van der Waals surface area (Å²) in [6, 6.07) is 25.9. The van der Waals surface area contributed by atoms with Gasteiger partial charge in [0.25, 0.3) is 0 Å². The summed E-state index contributed by atoms with van der Waals surface area (Å²) in [5.74, 6) is 0. The monoisotopic (exact) mass is 454 g/mol. The van der Waals surface area contributed by atoms with Crippen LogP contribution in [0.25, 0.3) is 0 Å². The molecule has 1 N–H and O–H groups in total. The topological polar surface area (TPSA) is 41.6 Å². The van der Waals surface area contributed by atoms with E-state index in [9.17, 15) is 4.79 Å². The van der Waals surface area contributed by atoms with Gasteiger partial charge in [-0.1, -0.05) is 81.4 Å². The van der Waals surface area contributed by atoms with Gasteiger partial charge < -0.3 is 9.64 Å². The number of benzene rings is 3. The third-order valence-electron chi connectivity index (χ3n) is 7.88. The molecule has 0 saturated heterocycles. The normalized spacial score (nSPS) is 23.2. The van der Waals surface area contributed by atoms with Gasteiger partial charge in [-0.3, -0.25) is 5.32 Å². The Labute approximate surface area is 202 Å².